The Morgan fingerprint density at radius 3 is 2.13 bits per heavy atom. The summed E-state index contributed by atoms with van der Waals surface area (Å²) in [6.07, 6.45) is -8.22. The van der Waals surface area contributed by atoms with Gasteiger partial charge in [0.25, 0.3) is 0 Å². The van der Waals surface area contributed by atoms with Crippen LogP contribution < -0.4 is 19.7 Å². The summed E-state index contributed by atoms with van der Waals surface area (Å²) in [7, 11) is -4.42. The Balaban J connectivity index is 1.39. The molecule has 0 bridgehead atoms. The minimum atomic E-state index is -4.98. The minimum absolute atomic E-state index is 0.0498. The summed E-state index contributed by atoms with van der Waals surface area (Å²) < 4.78 is 112. The molecule has 5 rings (SSSR count). The largest absolute Gasteiger partial charge is 0.573 e. The van der Waals surface area contributed by atoms with Gasteiger partial charge in [-0.15, -0.1) is 26.3 Å². The number of halogens is 6. The lowest BCUT2D eigenvalue weighted by Gasteiger charge is -2.39. The number of carbonyl (C=O) groups is 1. The van der Waals surface area contributed by atoms with E-state index < -0.39 is 46.2 Å². The number of thiazole rings is 1. The van der Waals surface area contributed by atoms with E-state index in [0.29, 0.717) is 26.9 Å². The quantitative estimate of drug-likeness (QED) is 0.234. The molecule has 1 saturated heterocycles. The Bertz CT molecular complexity index is 1830. The molecule has 1 N–H and O–H groups in total. The summed E-state index contributed by atoms with van der Waals surface area (Å²) in [6, 6.07) is 7.01. The summed E-state index contributed by atoms with van der Waals surface area (Å²) in [5.41, 5.74) is 0.847. The maximum absolute atomic E-state index is 13.7. The normalized spacial score (nSPS) is 16.4. The van der Waals surface area contributed by atoms with Crippen molar-refractivity contribution in [1.29, 1.82) is 0 Å². The van der Waals surface area contributed by atoms with Crippen LogP contribution in [0.25, 0.3) is 10.3 Å². The fraction of sp³-hybridized carbons (Fsp3) is 0.357. The summed E-state index contributed by atoms with van der Waals surface area (Å²) >= 11 is 1.26. The fourth-order valence-corrected chi connectivity index (χ4v) is 7.14. The second-order valence-electron chi connectivity index (χ2n) is 10.6. The molecule has 11 nitrogen and oxygen atoms in total. The number of fused-ring (bicyclic) bond motifs is 1. The molecule has 2 aromatic carbocycles. The van der Waals surface area contributed by atoms with Crippen molar-refractivity contribution in [3.63, 3.8) is 0 Å². The second kappa shape index (κ2) is 13.1. The van der Waals surface area contributed by atoms with Gasteiger partial charge in [-0.3, -0.25) is 4.79 Å². The Morgan fingerprint density at radius 1 is 0.957 bits per heavy atom. The number of hydrogen-bond acceptors (Lipinski definition) is 10. The molecule has 0 spiro atoms. The zero-order valence-electron chi connectivity index (χ0n) is 24.5. The van der Waals surface area contributed by atoms with Gasteiger partial charge >= 0.3 is 12.7 Å². The molecule has 1 fully saturated rings. The molecule has 4 aromatic rings. The number of anilines is 1. The van der Waals surface area contributed by atoms with Crippen molar-refractivity contribution >= 4 is 42.7 Å². The molecule has 3 heterocycles. The maximum Gasteiger partial charge on any atom is 0.573 e. The number of aromatic nitrogens is 3. The highest BCUT2D eigenvalue weighted by molar-refractivity contribution is 7.89. The van der Waals surface area contributed by atoms with E-state index in [9.17, 15) is 39.6 Å². The first-order valence-electron chi connectivity index (χ1n) is 13.9. The number of hydrogen-bond donors (Lipinski definition) is 1. The van der Waals surface area contributed by atoms with E-state index in [-0.39, 0.29) is 37.0 Å². The van der Waals surface area contributed by atoms with Crippen LogP contribution in [0.15, 0.2) is 59.6 Å². The van der Waals surface area contributed by atoms with Crippen LogP contribution in [0.5, 0.6) is 11.5 Å². The molecular formula is C28H26F6N6O5S2. The zero-order chi connectivity index (χ0) is 34.1. The summed E-state index contributed by atoms with van der Waals surface area (Å²) in [6.45, 7) is 3.47. The first-order valence-corrected chi connectivity index (χ1v) is 16.1. The van der Waals surface area contributed by atoms with Crippen LogP contribution >= 0.6 is 11.3 Å². The second-order valence-corrected chi connectivity index (χ2v) is 13.5. The number of piperazine rings is 1. The standard InChI is InChI=1S/C28H26F6N6O5S2/c1-16(2)23-35-14-22-24(37-23)38-26(46-22)39-11-12-40(47(42,43)20-9-7-19(8-10-20)45-28(32,33)34)21(15-39)25(41)36-13-17-3-5-18(6-4-17)44-27(29,30)31/h3-10,14,16,21H,11-13,15H2,1-2H3,(H,36,41)/t21-/m1/s1. The molecule has 19 heteroatoms. The number of nitrogens with one attached hydrogen (secondary N) is 1. The Kier molecular flexibility index (Phi) is 9.52. The van der Waals surface area contributed by atoms with E-state index in [4.69, 9.17) is 0 Å². The van der Waals surface area contributed by atoms with Crippen molar-refractivity contribution in [2.75, 3.05) is 24.5 Å². The molecule has 1 atom stereocenters. The number of alkyl halides is 6. The SMILES string of the molecule is CC(C)c1ncc2sc(N3CCN(S(=O)(=O)c4ccc(OC(F)(F)F)cc4)[C@@H](C(=O)NCc4ccc(OC(F)(F)F)cc4)C3)nc2n1. The average molecular weight is 705 g/mol. The highest BCUT2D eigenvalue weighted by atomic mass is 32.2. The van der Waals surface area contributed by atoms with Gasteiger partial charge in [0.1, 0.15) is 23.4 Å². The van der Waals surface area contributed by atoms with Crippen LogP contribution in [0.4, 0.5) is 31.5 Å². The highest BCUT2D eigenvalue weighted by Crippen LogP contribution is 2.32. The van der Waals surface area contributed by atoms with E-state index >= 15 is 0 Å². The molecule has 0 saturated carbocycles. The molecule has 1 aliphatic rings. The van der Waals surface area contributed by atoms with Crippen LogP contribution in [-0.2, 0) is 21.4 Å². The van der Waals surface area contributed by atoms with Crippen molar-refractivity contribution in [2.45, 2.75) is 50.0 Å². The lowest BCUT2D eigenvalue weighted by molar-refractivity contribution is -0.275. The molecular weight excluding hydrogens is 678 g/mol. The van der Waals surface area contributed by atoms with Gasteiger partial charge in [-0.05, 0) is 42.0 Å². The molecule has 0 unspecified atom stereocenters. The minimum Gasteiger partial charge on any atom is -0.406 e. The lowest BCUT2D eigenvalue weighted by Crippen LogP contribution is -2.60. The van der Waals surface area contributed by atoms with Crippen molar-refractivity contribution in [3.8, 4) is 11.5 Å². The third kappa shape index (κ3) is 8.38. The third-order valence-electron chi connectivity index (χ3n) is 6.87. The fourth-order valence-electron chi connectivity index (χ4n) is 4.66. The van der Waals surface area contributed by atoms with Crippen LogP contribution in [-0.4, -0.2) is 72.0 Å². The van der Waals surface area contributed by atoms with Gasteiger partial charge in [-0.1, -0.05) is 37.3 Å². The molecule has 1 amide bonds. The zero-order valence-corrected chi connectivity index (χ0v) is 26.2. The number of sulfonamides is 1. The molecule has 0 radical (unpaired) electrons. The predicted octanol–water partition coefficient (Wildman–Crippen LogP) is 5.20. The van der Waals surface area contributed by atoms with Crippen LogP contribution in [0.1, 0.15) is 31.2 Å². The molecule has 2 aromatic heterocycles. The maximum atomic E-state index is 13.7. The Hall–Kier alpha value is -4.23. The van der Waals surface area contributed by atoms with Crippen LogP contribution in [0, 0.1) is 0 Å². The highest BCUT2D eigenvalue weighted by Gasteiger charge is 2.41. The van der Waals surface area contributed by atoms with Crippen molar-refractivity contribution in [2.24, 2.45) is 0 Å². The summed E-state index contributed by atoms with van der Waals surface area (Å²) in [5, 5.41) is 3.10. The van der Waals surface area contributed by atoms with Gasteiger partial charge in [0.2, 0.25) is 15.9 Å². The monoisotopic (exact) mass is 704 g/mol. The molecule has 1 aliphatic heterocycles. The topological polar surface area (TPSA) is 127 Å². The van der Waals surface area contributed by atoms with E-state index in [1.165, 1.54) is 23.5 Å². The van der Waals surface area contributed by atoms with E-state index in [0.717, 1.165) is 40.7 Å². The number of benzene rings is 2. The summed E-state index contributed by atoms with van der Waals surface area (Å²) in [5.74, 6) is -1.17. The van der Waals surface area contributed by atoms with Gasteiger partial charge in [0.05, 0.1) is 15.8 Å². The van der Waals surface area contributed by atoms with Crippen molar-refractivity contribution in [1.82, 2.24) is 24.6 Å². The number of ether oxygens (including phenoxy) is 2. The van der Waals surface area contributed by atoms with Crippen molar-refractivity contribution < 1.29 is 49.0 Å². The third-order valence-corrected chi connectivity index (χ3v) is 9.83. The lowest BCUT2D eigenvalue weighted by atomic mass is 10.1. The number of rotatable bonds is 9. The van der Waals surface area contributed by atoms with Crippen molar-refractivity contribution in [3.05, 3.63) is 66.1 Å². The molecule has 47 heavy (non-hydrogen) atoms. The number of carbonyl (C=O) groups excluding carboxylic acids is 1. The predicted molar refractivity (Wildman–Crippen MR) is 157 cm³/mol. The van der Waals surface area contributed by atoms with Gasteiger partial charge in [-0.25, -0.2) is 18.4 Å². The Labute approximate surface area is 268 Å². The smallest absolute Gasteiger partial charge is 0.406 e. The molecule has 0 aliphatic carbocycles. The van der Waals surface area contributed by atoms with Gasteiger partial charge in [0, 0.05) is 32.1 Å². The Morgan fingerprint density at radius 2 is 1.55 bits per heavy atom. The van der Waals surface area contributed by atoms with E-state index in [2.05, 4.69) is 29.7 Å². The number of amides is 1. The number of nitrogens with zero attached hydrogens (tertiary/aromatic N) is 5. The van der Waals surface area contributed by atoms with Crippen LogP contribution in [0.2, 0.25) is 0 Å². The first kappa shape index (κ1) is 34.1. The van der Waals surface area contributed by atoms with Gasteiger partial charge in [0.15, 0.2) is 10.8 Å². The average Bonchev–Trinajstić information content (AvgIpc) is 3.43. The van der Waals surface area contributed by atoms with E-state index in [1.807, 2.05) is 13.8 Å². The van der Waals surface area contributed by atoms with E-state index in [1.54, 1.807) is 11.1 Å². The van der Waals surface area contributed by atoms with Gasteiger partial charge < -0.3 is 19.7 Å². The first-order chi connectivity index (χ1) is 22.0. The van der Waals surface area contributed by atoms with Gasteiger partial charge in [-0.2, -0.15) is 9.29 Å². The van der Waals surface area contributed by atoms with Crippen LogP contribution in [0.3, 0.4) is 0 Å². The molecule has 252 valence electrons. The summed E-state index contributed by atoms with van der Waals surface area (Å²) in [4.78, 5) is 28.4.